The van der Waals surface area contributed by atoms with Crippen LogP contribution in [0.2, 0.25) is 0 Å². The second-order valence-corrected chi connectivity index (χ2v) is 7.88. The van der Waals surface area contributed by atoms with Crippen LogP contribution in [-0.4, -0.2) is 56.1 Å². The summed E-state index contributed by atoms with van der Waals surface area (Å²) in [5.41, 5.74) is 2.08. The second-order valence-electron chi connectivity index (χ2n) is 7.88. The Morgan fingerprint density at radius 3 is 2.00 bits per heavy atom. The quantitative estimate of drug-likeness (QED) is 0.437. The predicted molar refractivity (Wildman–Crippen MR) is 126 cm³/mol. The average Bonchev–Trinajstić information content (AvgIpc) is 3.22. The van der Waals surface area contributed by atoms with E-state index in [1.165, 1.54) is 0 Å². The summed E-state index contributed by atoms with van der Waals surface area (Å²) in [7, 11) is 1.58. The summed E-state index contributed by atoms with van der Waals surface area (Å²) >= 11 is 0. The van der Waals surface area contributed by atoms with Gasteiger partial charge in [-0.2, -0.15) is 0 Å². The summed E-state index contributed by atoms with van der Waals surface area (Å²) in [5, 5.41) is 9.98. The van der Waals surface area contributed by atoms with Crippen LogP contribution in [0.5, 0.6) is 0 Å². The van der Waals surface area contributed by atoms with Gasteiger partial charge in [-0.3, -0.25) is 0 Å². The number of benzene rings is 2. The highest BCUT2D eigenvalue weighted by Gasteiger charge is 2.50. The van der Waals surface area contributed by atoms with Gasteiger partial charge in [-0.05, 0) is 11.1 Å². The number of rotatable bonds is 14. The molecule has 0 bridgehead atoms. The highest BCUT2D eigenvalue weighted by molar-refractivity contribution is 5.15. The number of methoxy groups -OCH3 is 1. The van der Waals surface area contributed by atoms with Crippen molar-refractivity contribution in [2.24, 2.45) is 5.92 Å². The molecule has 1 saturated heterocycles. The third kappa shape index (κ3) is 6.84. The van der Waals surface area contributed by atoms with Crippen molar-refractivity contribution in [3.63, 3.8) is 0 Å². The first-order valence-electron chi connectivity index (χ1n) is 11.2. The lowest BCUT2D eigenvalue weighted by molar-refractivity contribution is -0.173. The predicted octanol–water partition coefficient (Wildman–Crippen LogP) is 3.89. The van der Waals surface area contributed by atoms with Crippen LogP contribution in [0.4, 0.5) is 0 Å². The Bertz CT molecular complexity index is 827. The lowest BCUT2D eigenvalue weighted by atomic mass is 9.91. The van der Waals surface area contributed by atoms with Gasteiger partial charge < -0.3 is 28.8 Å². The van der Waals surface area contributed by atoms with E-state index in [1.807, 2.05) is 60.7 Å². The minimum absolute atomic E-state index is 0.191. The zero-order valence-electron chi connectivity index (χ0n) is 19.1. The molecule has 0 saturated carbocycles. The van der Waals surface area contributed by atoms with Gasteiger partial charge in [0, 0.05) is 13.0 Å². The molecule has 0 aliphatic carbocycles. The van der Waals surface area contributed by atoms with Gasteiger partial charge in [0.25, 0.3) is 0 Å². The van der Waals surface area contributed by atoms with Crippen molar-refractivity contribution in [1.82, 2.24) is 0 Å². The van der Waals surface area contributed by atoms with Crippen LogP contribution in [-0.2, 0) is 36.9 Å². The molecule has 3 rings (SSSR count). The van der Waals surface area contributed by atoms with Crippen molar-refractivity contribution in [2.75, 3.05) is 20.3 Å². The normalized spacial score (nSPS) is 24.3. The largest absolute Gasteiger partial charge is 0.394 e. The first kappa shape index (κ1) is 25.3. The van der Waals surface area contributed by atoms with Crippen molar-refractivity contribution in [3.8, 4) is 0 Å². The maximum atomic E-state index is 9.98. The number of hydrogen-bond donors (Lipinski definition) is 1. The van der Waals surface area contributed by atoms with Gasteiger partial charge in [0.05, 0.1) is 38.6 Å². The fraction of sp³-hybridized carbons (Fsp3) is 0.407. The first-order chi connectivity index (χ1) is 16.2. The molecule has 0 spiro atoms. The monoisotopic (exact) mass is 454 g/mol. The molecular weight excluding hydrogens is 420 g/mol. The summed E-state index contributed by atoms with van der Waals surface area (Å²) < 4.78 is 30.4. The van der Waals surface area contributed by atoms with Gasteiger partial charge in [-0.1, -0.05) is 72.8 Å². The third-order valence-electron chi connectivity index (χ3n) is 5.70. The molecule has 2 aromatic rings. The molecule has 1 heterocycles. The zero-order valence-corrected chi connectivity index (χ0v) is 19.1. The van der Waals surface area contributed by atoms with Gasteiger partial charge in [0.1, 0.15) is 12.2 Å². The maximum Gasteiger partial charge on any atom is 0.186 e. The van der Waals surface area contributed by atoms with E-state index in [1.54, 1.807) is 19.3 Å². The first-order valence-corrected chi connectivity index (χ1v) is 11.2. The Balaban J connectivity index is 1.83. The van der Waals surface area contributed by atoms with Crippen molar-refractivity contribution in [1.29, 1.82) is 0 Å². The van der Waals surface area contributed by atoms with Gasteiger partial charge >= 0.3 is 0 Å². The Kier molecular flexibility index (Phi) is 10.3. The van der Waals surface area contributed by atoms with Gasteiger partial charge in [-0.15, -0.1) is 13.2 Å². The molecule has 0 amide bonds. The summed E-state index contributed by atoms with van der Waals surface area (Å²) in [6, 6.07) is 19.9. The molecular formula is C27H34O6. The molecule has 1 fully saturated rings. The topological polar surface area (TPSA) is 66.4 Å². The van der Waals surface area contributed by atoms with Crippen LogP contribution in [0, 0.1) is 5.92 Å². The van der Waals surface area contributed by atoms with E-state index in [4.69, 9.17) is 23.7 Å². The molecule has 6 atom stereocenters. The molecule has 1 aliphatic heterocycles. The highest BCUT2D eigenvalue weighted by atomic mass is 16.7. The second kappa shape index (κ2) is 13.4. The van der Waals surface area contributed by atoms with Gasteiger partial charge in [0.2, 0.25) is 0 Å². The minimum atomic E-state index is -0.638. The number of aliphatic hydroxyl groups is 1. The maximum absolute atomic E-state index is 9.98. The van der Waals surface area contributed by atoms with E-state index in [0.29, 0.717) is 19.8 Å². The Morgan fingerprint density at radius 2 is 1.52 bits per heavy atom. The fourth-order valence-corrected chi connectivity index (χ4v) is 4.02. The zero-order chi connectivity index (χ0) is 23.5. The summed E-state index contributed by atoms with van der Waals surface area (Å²) in [4.78, 5) is 0. The highest BCUT2D eigenvalue weighted by Crippen LogP contribution is 2.35. The van der Waals surface area contributed by atoms with Crippen molar-refractivity contribution < 1.29 is 28.8 Å². The molecule has 33 heavy (non-hydrogen) atoms. The van der Waals surface area contributed by atoms with Gasteiger partial charge in [0.15, 0.2) is 6.29 Å². The molecule has 1 N–H and O–H groups in total. The summed E-state index contributed by atoms with van der Waals surface area (Å²) in [6.07, 6.45) is 0.775. The van der Waals surface area contributed by atoms with Crippen LogP contribution >= 0.6 is 0 Å². The van der Waals surface area contributed by atoms with Crippen molar-refractivity contribution >= 4 is 0 Å². The van der Waals surface area contributed by atoms with Crippen molar-refractivity contribution in [3.05, 3.63) is 97.1 Å². The van der Waals surface area contributed by atoms with E-state index in [-0.39, 0.29) is 12.5 Å². The Labute approximate surface area is 196 Å². The van der Waals surface area contributed by atoms with Crippen LogP contribution in [0.15, 0.2) is 86.0 Å². The Hall–Kier alpha value is -2.32. The number of aliphatic hydroxyl groups excluding tert-OH is 1. The van der Waals surface area contributed by atoms with Crippen molar-refractivity contribution in [2.45, 2.75) is 43.9 Å². The number of hydrogen-bond acceptors (Lipinski definition) is 6. The summed E-state index contributed by atoms with van der Waals surface area (Å²) in [6.45, 7) is 8.55. The molecule has 178 valence electrons. The fourth-order valence-electron chi connectivity index (χ4n) is 4.02. The smallest absolute Gasteiger partial charge is 0.186 e. The molecule has 0 unspecified atom stereocenters. The van der Waals surface area contributed by atoms with Crippen LogP contribution < -0.4 is 0 Å². The molecule has 0 aromatic heterocycles. The minimum Gasteiger partial charge on any atom is -0.394 e. The van der Waals surface area contributed by atoms with E-state index in [9.17, 15) is 5.11 Å². The third-order valence-corrected chi connectivity index (χ3v) is 5.70. The Morgan fingerprint density at radius 1 is 0.939 bits per heavy atom. The molecule has 1 aliphatic rings. The van der Waals surface area contributed by atoms with E-state index < -0.39 is 30.7 Å². The van der Waals surface area contributed by atoms with E-state index in [2.05, 4.69) is 13.2 Å². The lowest BCUT2D eigenvalue weighted by Gasteiger charge is -2.31. The molecule has 0 radical (unpaired) electrons. The SMILES string of the molecule is C=CCO[C@H](CO)[C@H](C=C)[C@H]1O[C@@H](OC)[C@H](OCc2ccccc2)[C@@H]1OCc1ccccc1. The lowest BCUT2D eigenvalue weighted by Crippen LogP contribution is -2.44. The average molecular weight is 455 g/mol. The van der Waals surface area contributed by atoms with Crippen LogP contribution in [0.1, 0.15) is 11.1 Å². The molecule has 2 aromatic carbocycles. The van der Waals surface area contributed by atoms with Crippen LogP contribution in [0.25, 0.3) is 0 Å². The standard InChI is InChI=1S/C27H34O6/c1-4-16-30-23(17-28)22(5-2)24-25(31-18-20-12-8-6-9-13-20)26(27(29-3)33-24)32-19-21-14-10-7-11-15-21/h4-15,22-28H,1-2,16-19H2,3H3/t22-,23+,24+,25+,26+,27+/m0/s1. The van der Waals surface area contributed by atoms with Gasteiger partial charge in [-0.25, -0.2) is 0 Å². The summed E-state index contributed by atoms with van der Waals surface area (Å²) in [5.74, 6) is -0.348. The molecule has 6 nitrogen and oxygen atoms in total. The van der Waals surface area contributed by atoms with Crippen LogP contribution in [0.3, 0.4) is 0 Å². The molecule has 6 heteroatoms. The van der Waals surface area contributed by atoms with E-state index in [0.717, 1.165) is 11.1 Å². The number of ether oxygens (including phenoxy) is 5. The van der Waals surface area contributed by atoms with E-state index >= 15 is 0 Å².